The van der Waals surface area contributed by atoms with Crippen LogP contribution >= 0.6 is 0 Å². The first-order valence-corrected chi connectivity index (χ1v) is 5.96. The number of aliphatic carboxylic acids is 1. The minimum Gasteiger partial charge on any atom is -0.480 e. The number of amides is 1. The molecule has 0 saturated carbocycles. The number of carboxylic acid groups (broad SMARTS) is 1. The van der Waals surface area contributed by atoms with Crippen LogP contribution < -0.4 is 5.32 Å². The summed E-state index contributed by atoms with van der Waals surface area (Å²) >= 11 is 0. The highest BCUT2D eigenvalue weighted by molar-refractivity contribution is 5.96. The predicted molar refractivity (Wildman–Crippen MR) is 64.7 cm³/mol. The van der Waals surface area contributed by atoms with E-state index in [1.54, 1.807) is 13.8 Å². The van der Waals surface area contributed by atoms with Crippen molar-refractivity contribution in [2.45, 2.75) is 26.3 Å². The van der Waals surface area contributed by atoms with Gasteiger partial charge in [0.25, 0.3) is 5.91 Å². The van der Waals surface area contributed by atoms with Gasteiger partial charge < -0.3 is 10.4 Å². The molecule has 0 aliphatic heterocycles. The molecule has 20 heavy (non-hydrogen) atoms. The largest absolute Gasteiger partial charge is 0.480 e. The summed E-state index contributed by atoms with van der Waals surface area (Å²) in [6, 6.07) is -0.598. The fourth-order valence-electron chi connectivity index (χ4n) is 1.60. The first-order valence-electron chi connectivity index (χ1n) is 5.96. The zero-order valence-corrected chi connectivity index (χ0v) is 10.9. The molecule has 1 aromatic carbocycles. The lowest BCUT2D eigenvalue weighted by atomic mass is 9.99. The summed E-state index contributed by atoms with van der Waals surface area (Å²) in [5.41, 5.74) is -0.738. The Balaban J connectivity index is 3.01. The Labute approximate surface area is 113 Å². The second-order valence-electron chi connectivity index (χ2n) is 4.42. The van der Waals surface area contributed by atoms with Gasteiger partial charge in [0.1, 0.15) is 11.9 Å². The molecule has 2 atom stereocenters. The molecule has 0 aromatic heterocycles. The van der Waals surface area contributed by atoms with Gasteiger partial charge in [0.05, 0.1) is 5.56 Å². The Bertz CT molecular complexity index is 534. The summed E-state index contributed by atoms with van der Waals surface area (Å²) in [7, 11) is 0. The highest BCUT2D eigenvalue weighted by Crippen LogP contribution is 2.15. The summed E-state index contributed by atoms with van der Waals surface area (Å²) < 4.78 is 39.2. The van der Waals surface area contributed by atoms with Gasteiger partial charge in [0.2, 0.25) is 0 Å². The molecule has 0 heterocycles. The van der Waals surface area contributed by atoms with E-state index in [2.05, 4.69) is 5.32 Å². The van der Waals surface area contributed by atoms with Crippen LogP contribution in [0.25, 0.3) is 0 Å². The molecule has 0 aliphatic rings. The van der Waals surface area contributed by atoms with E-state index >= 15 is 0 Å². The van der Waals surface area contributed by atoms with Crippen LogP contribution in [0.3, 0.4) is 0 Å². The maximum atomic E-state index is 13.4. The molecular weight excluding hydrogens is 275 g/mol. The van der Waals surface area contributed by atoms with Crippen LogP contribution in [0.15, 0.2) is 12.1 Å². The molecule has 0 unspecified atom stereocenters. The molecule has 0 fully saturated rings. The van der Waals surface area contributed by atoms with Crippen molar-refractivity contribution >= 4 is 11.9 Å². The third-order valence-electron chi connectivity index (χ3n) is 3.02. The highest BCUT2D eigenvalue weighted by atomic mass is 19.2. The van der Waals surface area contributed by atoms with E-state index in [0.29, 0.717) is 12.5 Å². The molecule has 0 radical (unpaired) electrons. The number of hydrogen-bond donors (Lipinski definition) is 2. The van der Waals surface area contributed by atoms with E-state index in [1.165, 1.54) is 0 Å². The van der Waals surface area contributed by atoms with Crippen molar-refractivity contribution < 1.29 is 27.9 Å². The summed E-state index contributed by atoms with van der Waals surface area (Å²) in [6.07, 6.45) is 0.470. The van der Waals surface area contributed by atoms with Crippen molar-refractivity contribution in [1.29, 1.82) is 0 Å². The van der Waals surface area contributed by atoms with Crippen molar-refractivity contribution in [2.24, 2.45) is 5.92 Å². The third-order valence-corrected chi connectivity index (χ3v) is 3.02. The van der Waals surface area contributed by atoms with Crippen LogP contribution in [0, 0.1) is 23.4 Å². The Morgan fingerprint density at radius 1 is 1.20 bits per heavy atom. The molecule has 1 amide bonds. The Kier molecular flexibility index (Phi) is 5.12. The number of benzene rings is 1. The second-order valence-corrected chi connectivity index (χ2v) is 4.42. The summed E-state index contributed by atoms with van der Waals surface area (Å²) in [5, 5.41) is 11.1. The predicted octanol–water partition coefficient (Wildman–Crippen LogP) is 2.33. The van der Waals surface area contributed by atoms with Crippen molar-refractivity contribution in [1.82, 2.24) is 5.32 Å². The molecule has 4 nitrogen and oxygen atoms in total. The topological polar surface area (TPSA) is 66.4 Å². The van der Waals surface area contributed by atoms with Crippen LogP contribution in [0.2, 0.25) is 0 Å². The van der Waals surface area contributed by atoms with E-state index in [-0.39, 0.29) is 6.07 Å². The fraction of sp³-hybridized carbons (Fsp3) is 0.385. The first-order chi connectivity index (χ1) is 9.27. The molecule has 2 N–H and O–H groups in total. The van der Waals surface area contributed by atoms with Gasteiger partial charge in [-0.25, -0.2) is 18.0 Å². The number of nitrogens with one attached hydrogen (secondary N) is 1. The zero-order valence-electron chi connectivity index (χ0n) is 10.9. The number of halogens is 3. The van der Waals surface area contributed by atoms with Crippen LogP contribution in [0.5, 0.6) is 0 Å². The quantitative estimate of drug-likeness (QED) is 0.818. The van der Waals surface area contributed by atoms with Gasteiger partial charge in [-0.1, -0.05) is 20.3 Å². The van der Waals surface area contributed by atoms with Gasteiger partial charge in [0, 0.05) is 6.07 Å². The Hall–Kier alpha value is -2.05. The number of carboxylic acids is 1. The van der Waals surface area contributed by atoms with E-state index in [4.69, 9.17) is 5.11 Å². The van der Waals surface area contributed by atoms with Gasteiger partial charge in [-0.05, 0) is 12.0 Å². The van der Waals surface area contributed by atoms with Crippen molar-refractivity contribution in [3.63, 3.8) is 0 Å². The van der Waals surface area contributed by atoms with E-state index in [0.717, 1.165) is 0 Å². The van der Waals surface area contributed by atoms with Gasteiger partial charge in [-0.2, -0.15) is 0 Å². The summed E-state index contributed by atoms with van der Waals surface area (Å²) in [4.78, 5) is 22.8. The van der Waals surface area contributed by atoms with Crippen LogP contribution in [0.1, 0.15) is 30.6 Å². The zero-order chi connectivity index (χ0) is 15.4. The third kappa shape index (κ3) is 3.49. The summed E-state index contributed by atoms with van der Waals surface area (Å²) in [6.45, 7) is 3.32. The van der Waals surface area contributed by atoms with Crippen molar-refractivity contribution in [2.75, 3.05) is 0 Å². The van der Waals surface area contributed by atoms with Crippen LogP contribution in [-0.4, -0.2) is 23.0 Å². The van der Waals surface area contributed by atoms with Gasteiger partial charge in [-0.3, -0.25) is 4.79 Å². The number of carbonyl (C=O) groups is 2. The smallest absolute Gasteiger partial charge is 0.326 e. The lowest BCUT2D eigenvalue weighted by Gasteiger charge is -2.20. The average molecular weight is 289 g/mol. The molecular formula is C13H14F3NO3. The lowest BCUT2D eigenvalue weighted by Crippen LogP contribution is -2.45. The maximum Gasteiger partial charge on any atom is 0.326 e. The number of carbonyl (C=O) groups excluding carboxylic acids is 1. The second kappa shape index (κ2) is 6.40. The molecule has 7 heteroatoms. The normalized spacial score (nSPS) is 13.7. The summed E-state index contributed by atoms with van der Waals surface area (Å²) in [5.74, 6) is -6.84. The Morgan fingerprint density at radius 2 is 1.75 bits per heavy atom. The molecule has 0 saturated heterocycles. The first kappa shape index (κ1) is 16.0. The number of rotatable bonds is 5. The van der Waals surface area contributed by atoms with E-state index in [9.17, 15) is 22.8 Å². The molecule has 0 spiro atoms. The van der Waals surface area contributed by atoms with Crippen LogP contribution in [0.4, 0.5) is 13.2 Å². The monoisotopic (exact) mass is 289 g/mol. The number of hydrogen-bond acceptors (Lipinski definition) is 2. The van der Waals surface area contributed by atoms with Gasteiger partial charge in [0.15, 0.2) is 11.6 Å². The van der Waals surface area contributed by atoms with Crippen LogP contribution in [-0.2, 0) is 4.79 Å². The van der Waals surface area contributed by atoms with Gasteiger partial charge in [-0.15, -0.1) is 0 Å². The van der Waals surface area contributed by atoms with Crippen molar-refractivity contribution in [3.05, 3.63) is 35.1 Å². The average Bonchev–Trinajstić information content (AvgIpc) is 2.38. The van der Waals surface area contributed by atoms with Crippen molar-refractivity contribution in [3.8, 4) is 0 Å². The standard InChI is InChI=1S/C13H14F3NO3/c1-3-6(2)11(13(19)20)17-12(18)7-4-9(15)10(16)5-8(7)14/h4-6,11H,3H2,1-2H3,(H,17,18)(H,19,20)/t6-,11-/m0/s1. The fourth-order valence-corrected chi connectivity index (χ4v) is 1.60. The minimum absolute atomic E-state index is 0.239. The van der Waals surface area contributed by atoms with E-state index in [1.807, 2.05) is 0 Å². The molecule has 1 aromatic rings. The minimum atomic E-state index is -1.42. The molecule has 1 rings (SSSR count). The van der Waals surface area contributed by atoms with Gasteiger partial charge >= 0.3 is 5.97 Å². The maximum absolute atomic E-state index is 13.4. The van der Waals surface area contributed by atoms with E-state index < -0.39 is 46.9 Å². The highest BCUT2D eigenvalue weighted by Gasteiger charge is 2.27. The lowest BCUT2D eigenvalue weighted by molar-refractivity contribution is -0.140. The SMILES string of the molecule is CC[C@H](C)[C@H](NC(=O)c1cc(F)c(F)cc1F)C(=O)O. The Morgan fingerprint density at radius 3 is 2.25 bits per heavy atom. The molecule has 0 aliphatic carbocycles. The molecule has 0 bridgehead atoms. The molecule has 110 valence electrons.